The second kappa shape index (κ2) is 18.5. The van der Waals surface area contributed by atoms with Crippen molar-refractivity contribution < 1.29 is 0 Å². The standard InChI is InChI=1S/C70H50N6/c1-46(74-43-42-61-62(74)40-41-65-67(61)66-59-29-13-12-22-51(59)37-39-64(66)76(65)57-28-16-25-54(44-57)49-20-8-4-9-21-49)32-38-58-47(2)75(63-31-15-14-30-60(58)63)56-27-17-26-55(45-56)70-72-68(52-23-10-5-11-24-52)71-69(73-70)53-35-33-50(34-36-53)48-18-6-3-7-19-48/h3-45,60,63H,1H2,2H3/b38-32-. The summed E-state index contributed by atoms with van der Waals surface area (Å²) >= 11 is 0. The summed E-state index contributed by atoms with van der Waals surface area (Å²) in [5.74, 6) is 2.03. The fraction of sp³-hybridized carbons (Fsp3) is 0.0429. The van der Waals surface area contributed by atoms with E-state index in [1.165, 1.54) is 65.9 Å². The molecule has 6 heteroatoms. The Morgan fingerprint density at radius 1 is 0.461 bits per heavy atom. The Bertz CT molecular complexity index is 4370. The van der Waals surface area contributed by atoms with Gasteiger partial charge in [0.25, 0.3) is 0 Å². The lowest BCUT2D eigenvalue weighted by molar-refractivity contribution is 0.683. The van der Waals surface area contributed by atoms with Gasteiger partial charge < -0.3 is 14.0 Å². The SMILES string of the molecule is C=C(/C=C\C1=C(C)N(c2cccc(-c3nc(-c4ccccc4)nc(-c4ccc(-c5ccccc5)cc4)n3)c2)C2C=CC=CC12)n1ccc2c3c4c5ccccc5ccc4n(-c4cccc(-c5ccccc5)c4)c3ccc21. The van der Waals surface area contributed by atoms with Crippen molar-refractivity contribution >= 4 is 54.9 Å². The Balaban J connectivity index is 0.819. The van der Waals surface area contributed by atoms with Gasteiger partial charge in [0, 0.05) is 67.7 Å². The molecule has 0 radical (unpaired) electrons. The minimum absolute atomic E-state index is 0.0892. The van der Waals surface area contributed by atoms with Gasteiger partial charge in [-0.3, -0.25) is 0 Å². The highest BCUT2D eigenvalue weighted by molar-refractivity contribution is 6.28. The van der Waals surface area contributed by atoms with Crippen molar-refractivity contribution in [3.05, 3.63) is 279 Å². The molecule has 4 heterocycles. The minimum atomic E-state index is 0.0892. The van der Waals surface area contributed by atoms with Gasteiger partial charge in [0.2, 0.25) is 0 Å². The molecule has 14 rings (SSSR count). The quantitative estimate of drug-likeness (QED) is 0.128. The predicted molar refractivity (Wildman–Crippen MR) is 316 cm³/mol. The number of fused-ring (bicyclic) bond motifs is 8. The Morgan fingerprint density at radius 2 is 0.987 bits per heavy atom. The van der Waals surface area contributed by atoms with Gasteiger partial charge in [-0.1, -0.05) is 207 Å². The summed E-state index contributed by atoms with van der Waals surface area (Å²) in [6.45, 7) is 6.94. The molecule has 2 aliphatic rings. The lowest BCUT2D eigenvalue weighted by atomic mass is 9.90. The topological polar surface area (TPSA) is 51.8 Å². The van der Waals surface area contributed by atoms with Crippen LogP contribution in [0.1, 0.15) is 6.92 Å². The number of anilines is 1. The number of hydrogen-bond donors (Lipinski definition) is 0. The third-order valence-corrected chi connectivity index (χ3v) is 15.3. The molecule has 0 saturated carbocycles. The normalized spacial score (nSPS) is 15.2. The van der Waals surface area contributed by atoms with E-state index in [1.54, 1.807) is 0 Å². The maximum absolute atomic E-state index is 5.15. The molecule has 2 atom stereocenters. The van der Waals surface area contributed by atoms with Gasteiger partial charge in [-0.2, -0.15) is 0 Å². The molecule has 0 saturated heterocycles. The molecule has 360 valence electrons. The van der Waals surface area contributed by atoms with Gasteiger partial charge in [-0.15, -0.1) is 0 Å². The highest BCUT2D eigenvalue weighted by Crippen LogP contribution is 2.44. The van der Waals surface area contributed by atoms with Crippen LogP contribution in [0.2, 0.25) is 0 Å². The number of nitrogens with zero attached hydrogens (tertiary/aromatic N) is 6. The van der Waals surface area contributed by atoms with Crippen LogP contribution in [0.25, 0.3) is 111 Å². The van der Waals surface area contributed by atoms with Gasteiger partial charge in [0.05, 0.1) is 22.6 Å². The molecule has 0 amide bonds. The first-order chi connectivity index (χ1) is 37.5. The van der Waals surface area contributed by atoms with Crippen molar-refractivity contribution in [2.45, 2.75) is 13.0 Å². The first-order valence-corrected chi connectivity index (χ1v) is 25.9. The average Bonchev–Trinajstić information content (AvgIpc) is 4.30. The van der Waals surface area contributed by atoms with E-state index in [9.17, 15) is 0 Å². The maximum Gasteiger partial charge on any atom is 0.164 e. The Labute approximate surface area is 441 Å². The van der Waals surface area contributed by atoms with Gasteiger partial charge >= 0.3 is 0 Å². The van der Waals surface area contributed by atoms with Crippen LogP contribution in [0.15, 0.2) is 279 Å². The second-order valence-corrected chi connectivity index (χ2v) is 19.7. The van der Waals surface area contributed by atoms with Gasteiger partial charge in [0.15, 0.2) is 17.5 Å². The van der Waals surface area contributed by atoms with E-state index in [0.29, 0.717) is 17.5 Å². The van der Waals surface area contributed by atoms with Crippen LogP contribution in [0.3, 0.4) is 0 Å². The second-order valence-electron chi connectivity index (χ2n) is 19.7. The van der Waals surface area contributed by atoms with Crippen LogP contribution in [0, 0.1) is 5.92 Å². The largest absolute Gasteiger partial charge is 0.337 e. The van der Waals surface area contributed by atoms with Crippen LogP contribution < -0.4 is 4.90 Å². The fourth-order valence-electron chi connectivity index (χ4n) is 11.7. The Kier molecular flexibility index (Phi) is 10.9. The van der Waals surface area contributed by atoms with Crippen LogP contribution in [-0.2, 0) is 0 Å². The van der Waals surface area contributed by atoms with E-state index < -0.39 is 0 Å². The molecule has 0 N–H and O–H groups in total. The summed E-state index contributed by atoms with van der Waals surface area (Å²) in [6.07, 6.45) is 15.6. The van der Waals surface area contributed by atoms with Crippen molar-refractivity contribution in [2.75, 3.05) is 4.90 Å². The van der Waals surface area contributed by atoms with Gasteiger partial charge in [-0.25, -0.2) is 15.0 Å². The fourth-order valence-corrected chi connectivity index (χ4v) is 11.7. The molecular weight excluding hydrogens is 925 g/mol. The monoisotopic (exact) mass is 974 g/mol. The molecular formula is C70H50N6. The molecule has 0 spiro atoms. The highest BCUT2D eigenvalue weighted by atomic mass is 15.2. The zero-order valence-electron chi connectivity index (χ0n) is 41.9. The molecule has 9 aromatic carbocycles. The van der Waals surface area contributed by atoms with Crippen LogP contribution >= 0.6 is 0 Å². The average molecular weight is 975 g/mol. The molecule has 2 unspecified atom stereocenters. The zero-order chi connectivity index (χ0) is 50.7. The number of rotatable bonds is 10. The van der Waals surface area contributed by atoms with Crippen molar-refractivity contribution in [3.63, 3.8) is 0 Å². The molecule has 76 heavy (non-hydrogen) atoms. The Hall–Kier alpha value is -9.91. The molecule has 0 fully saturated rings. The number of hydrogen-bond acceptors (Lipinski definition) is 4. The number of aromatic nitrogens is 5. The minimum Gasteiger partial charge on any atom is -0.337 e. The van der Waals surface area contributed by atoms with Crippen molar-refractivity contribution in [1.82, 2.24) is 24.1 Å². The highest BCUT2D eigenvalue weighted by Gasteiger charge is 2.37. The van der Waals surface area contributed by atoms with Crippen LogP contribution in [-0.4, -0.2) is 30.1 Å². The maximum atomic E-state index is 5.15. The summed E-state index contributed by atoms with van der Waals surface area (Å²) < 4.78 is 4.67. The molecule has 1 aliphatic heterocycles. The summed E-state index contributed by atoms with van der Waals surface area (Å²) in [5, 5.41) is 6.14. The first-order valence-electron chi connectivity index (χ1n) is 25.9. The van der Waals surface area contributed by atoms with Crippen molar-refractivity contribution in [1.29, 1.82) is 0 Å². The number of allylic oxidation sites excluding steroid dienone is 6. The summed E-state index contributed by atoms with van der Waals surface area (Å²) in [4.78, 5) is 17.8. The van der Waals surface area contributed by atoms with E-state index >= 15 is 0 Å². The molecule has 0 bridgehead atoms. The summed E-state index contributed by atoms with van der Waals surface area (Å²) in [5.41, 5.74) is 16.5. The molecule has 3 aromatic heterocycles. The van der Waals surface area contributed by atoms with Crippen LogP contribution in [0.5, 0.6) is 0 Å². The first kappa shape index (κ1) is 44.8. The van der Waals surface area contributed by atoms with E-state index in [2.05, 4.69) is 258 Å². The van der Waals surface area contributed by atoms with Gasteiger partial charge in [0.1, 0.15) is 0 Å². The summed E-state index contributed by atoms with van der Waals surface area (Å²) in [7, 11) is 0. The smallest absolute Gasteiger partial charge is 0.164 e. The molecule has 12 aromatic rings. The van der Waals surface area contributed by atoms with Crippen molar-refractivity contribution in [3.8, 4) is 62.1 Å². The molecule has 6 nitrogen and oxygen atoms in total. The van der Waals surface area contributed by atoms with Gasteiger partial charge in [-0.05, 0) is 100 Å². The number of benzene rings is 9. The lowest BCUT2D eigenvalue weighted by Crippen LogP contribution is -2.32. The molecule has 1 aliphatic carbocycles. The van der Waals surface area contributed by atoms with E-state index in [1.807, 2.05) is 24.3 Å². The predicted octanol–water partition coefficient (Wildman–Crippen LogP) is 17.3. The van der Waals surface area contributed by atoms with E-state index in [4.69, 9.17) is 21.5 Å². The Morgan fingerprint density at radius 3 is 1.72 bits per heavy atom. The third-order valence-electron chi connectivity index (χ3n) is 15.3. The van der Waals surface area contributed by atoms with Crippen LogP contribution in [0.4, 0.5) is 5.69 Å². The van der Waals surface area contributed by atoms with E-state index in [-0.39, 0.29) is 12.0 Å². The van der Waals surface area contributed by atoms with E-state index in [0.717, 1.165) is 44.8 Å². The zero-order valence-corrected chi connectivity index (χ0v) is 41.9. The third kappa shape index (κ3) is 7.69. The lowest BCUT2D eigenvalue weighted by Gasteiger charge is -2.30. The van der Waals surface area contributed by atoms with Crippen molar-refractivity contribution in [2.24, 2.45) is 5.92 Å². The summed E-state index contributed by atoms with van der Waals surface area (Å²) in [6, 6.07) is 77.4.